The van der Waals surface area contributed by atoms with Gasteiger partial charge in [-0.25, -0.2) is 0 Å². The Bertz CT molecular complexity index is 1140. The minimum Gasteiger partial charge on any atom is -0.497 e. The molecule has 7 nitrogen and oxygen atoms in total. The van der Waals surface area contributed by atoms with Gasteiger partial charge >= 0.3 is 0 Å². The fourth-order valence-electron chi connectivity index (χ4n) is 5.08. The SMILES string of the molecule is COc1ccc(C2COc3c(C(=O)NCC(C)C(C)(C)C)cc(C(=O)NC4[C@H]5COC[C@@H]45)cc32)cc1. The van der Waals surface area contributed by atoms with Gasteiger partial charge in [0, 0.05) is 41.5 Å². The fourth-order valence-corrected chi connectivity index (χ4v) is 5.08. The van der Waals surface area contributed by atoms with E-state index in [4.69, 9.17) is 14.2 Å². The highest BCUT2D eigenvalue weighted by atomic mass is 16.5. The van der Waals surface area contributed by atoms with Crippen molar-refractivity contribution in [3.63, 3.8) is 0 Å². The molecule has 0 spiro atoms. The summed E-state index contributed by atoms with van der Waals surface area (Å²) in [5.74, 6) is 1.97. The van der Waals surface area contributed by atoms with E-state index >= 15 is 0 Å². The Hall–Kier alpha value is -3.06. The Kier molecular flexibility index (Phi) is 6.45. The zero-order chi connectivity index (χ0) is 25.6. The van der Waals surface area contributed by atoms with Gasteiger partial charge in [0.05, 0.1) is 32.5 Å². The first-order valence-corrected chi connectivity index (χ1v) is 12.8. The number of carbonyl (C=O) groups excluding carboxylic acids is 2. The second-order valence-corrected chi connectivity index (χ2v) is 11.4. The predicted octanol–water partition coefficient (Wildman–Crippen LogP) is 4.01. The van der Waals surface area contributed by atoms with Gasteiger partial charge in [-0.3, -0.25) is 9.59 Å². The molecule has 5 atom stereocenters. The molecule has 2 aromatic rings. The molecule has 3 aliphatic rings. The normalized spacial score (nSPS) is 24.8. The Balaban J connectivity index is 1.44. The monoisotopic (exact) mass is 492 g/mol. The highest BCUT2D eigenvalue weighted by molar-refractivity contribution is 6.02. The number of rotatable bonds is 7. The molecule has 2 heterocycles. The van der Waals surface area contributed by atoms with Gasteiger partial charge in [0.15, 0.2) is 0 Å². The minimum atomic E-state index is -0.218. The standard InChI is InChI=1S/C29H36N2O5/c1-16(29(2,3)4)12-30-28(33)21-11-18(27(32)31-25-23-13-35-14-24(23)25)10-20-22(15-36-26(20)21)17-6-8-19(34-5)9-7-17/h6-11,16,22-25H,12-15H2,1-5H3,(H,30,33)(H,31,32)/t16?,22?,23-,24+,25?. The van der Waals surface area contributed by atoms with Crippen molar-refractivity contribution < 1.29 is 23.8 Å². The van der Waals surface area contributed by atoms with Gasteiger partial charge in [0.2, 0.25) is 0 Å². The van der Waals surface area contributed by atoms with Crippen LogP contribution in [0.1, 0.15) is 65.5 Å². The minimum absolute atomic E-state index is 0.0684. The van der Waals surface area contributed by atoms with E-state index in [2.05, 4.69) is 38.3 Å². The Morgan fingerprint density at radius 1 is 1.06 bits per heavy atom. The number of hydrogen-bond donors (Lipinski definition) is 2. The Labute approximate surface area is 212 Å². The quantitative estimate of drug-likeness (QED) is 0.610. The zero-order valence-corrected chi connectivity index (χ0v) is 21.7. The third kappa shape index (κ3) is 4.69. The smallest absolute Gasteiger partial charge is 0.255 e. The topological polar surface area (TPSA) is 85.9 Å². The van der Waals surface area contributed by atoms with Crippen LogP contribution in [0.3, 0.4) is 0 Å². The fraction of sp³-hybridized carbons (Fsp3) is 0.517. The maximum Gasteiger partial charge on any atom is 0.255 e. The summed E-state index contributed by atoms with van der Waals surface area (Å²) in [5.41, 5.74) is 2.88. The number of amides is 2. The van der Waals surface area contributed by atoms with Crippen molar-refractivity contribution in [1.29, 1.82) is 0 Å². The molecular formula is C29H36N2O5. The van der Waals surface area contributed by atoms with Crippen LogP contribution in [-0.2, 0) is 4.74 Å². The van der Waals surface area contributed by atoms with E-state index in [1.807, 2.05) is 30.3 Å². The van der Waals surface area contributed by atoms with Crippen molar-refractivity contribution in [3.05, 3.63) is 58.7 Å². The van der Waals surface area contributed by atoms with Crippen LogP contribution >= 0.6 is 0 Å². The van der Waals surface area contributed by atoms with E-state index in [-0.39, 0.29) is 35.1 Å². The molecule has 1 saturated carbocycles. The van der Waals surface area contributed by atoms with Gasteiger partial charge in [-0.05, 0) is 41.2 Å². The van der Waals surface area contributed by atoms with Crippen LogP contribution < -0.4 is 20.1 Å². The predicted molar refractivity (Wildman–Crippen MR) is 137 cm³/mol. The number of nitrogens with one attached hydrogen (secondary N) is 2. The number of benzene rings is 2. The lowest BCUT2D eigenvalue weighted by molar-refractivity contribution is 0.0928. The summed E-state index contributed by atoms with van der Waals surface area (Å²) in [7, 11) is 1.64. The van der Waals surface area contributed by atoms with Gasteiger partial charge < -0.3 is 24.8 Å². The Morgan fingerprint density at radius 3 is 2.39 bits per heavy atom. The second kappa shape index (κ2) is 9.43. The molecule has 5 rings (SSSR count). The van der Waals surface area contributed by atoms with Crippen LogP contribution in [0.5, 0.6) is 11.5 Å². The van der Waals surface area contributed by atoms with Crippen LogP contribution in [0.15, 0.2) is 36.4 Å². The second-order valence-electron chi connectivity index (χ2n) is 11.4. The summed E-state index contributed by atoms with van der Waals surface area (Å²) in [6.07, 6.45) is 0. The van der Waals surface area contributed by atoms with Gasteiger partial charge in [0.25, 0.3) is 11.8 Å². The number of fused-ring (bicyclic) bond motifs is 2. The van der Waals surface area contributed by atoms with Gasteiger partial charge in [-0.15, -0.1) is 0 Å². The van der Waals surface area contributed by atoms with Gasteiger partial charge in [0.1, 0.15) is 11.5 Å². The van der Waals surface area contributed by atoms with Crippen molar-refractivity contribution in [2.24, 2.45) is 23.2 Å². The summed E-state index contributed by atoms with van der Waals surface area (Å²) in [6.45, 7) is 11.0. The van der Waals surface area contributed by atoms with Crippen LogP contribution in [0.2, 0.25) is 0 Å². The summed E-state index contributed by atoms with van der Waals surface area (Å²) in [5, 5.41) is 6.23. The van der Waals surface area contributed by atoms with E-state index < -0.39 is 0 Å². The maximum absolute atomic E-state index is 13.4. The molecule has 1 saturated heterocycles. The molecule has 1 aliphatic carbocycles. The first-order valence-electron chi connectivity index (χ1n) is 12.8. The van der Waals surface area contributed by atoms with Crippen molar-refractivity contribution in [1.82, 2.24) is 10.6 Å². The third-order valence-corrected chi connectivity index (χ3v) is 8.21. The number of methoxy groups -OCH3 is 1. The number of hydrogen-bond acceptors (Lipinski definition) is 5. The highest BCUT2D eigenvalue weighted by Crippen LogP contribution is 2.45. The van der Waals surface area contributed by atoms with E-state index in [1.54, 1.807) is 13.2 Å². The molecule has 0 bridgehead atoms. The molecule has 0 aromatic heterocycles. The first-order chi connectivity index (χ1) is 17.2. The summed E-state index contributed by atoms with van der Waals surface area (Å²) in [4.78, 5) is 26.7. The lowest BCUT2D eigenvalue weighted by Crippen LogP contribution is -2.34. The molecule has 2 amide bonds. The van der Waals surface area contributed by atoms with Crippen LogP contribution in [0.25, 0.3) is 0 Å². The lowest BCUT2D eigenvalue weighted by atomic mass is 9.82. The molecule has 2 aromatic carbocycles. The number of carbonyl (C=O) groups is 2. The number of ether oxygens (including phenoxy) is 3. The van der Waals surface area contributed by atoms with Crippen molar-refractivity contribution in [3.8, 4) is 11.5 Å². The maximum atomic E-state index is 13.4. The first kappa shape index (κ1) is 24.6. The van der Waals surface area contributed by atoms with E-state index in [1.165, 1.54) is 0 Å². The molecule has 2 N–H and O–H groups in total. The van der Waals surface area contributed by atoms with E-state index in [0.717, 1.165) is 16.9 Å². The molecule has 2 aliphatic heterocycles. The molecule has 36 heavy (non-hydrogen) atoms. The largest absolute Gasteiger partial charge is 0.497 e. The lowest BCUT2D eigenvalue weighted by Gasteiger charge is -2.27. The Morgan fingerprint density at radius 2 is 1.75 bits per heavy atom. The molecule has 192 valence electrons. The zero-order valence-electron chi connectivity index (χ0n) is 21.7. The van der Waals surface area contributed by atoms with Crippen LogP contribution in [-0.4, -0.2) is 51.3 Å². The summed E-state index contributed by atoms with van der Waals surface area (Å²) >= 11 is 0. The van der Waals surface area contributed by atoms with Crippen LogP contribution in [0, 0.1) is 23.2 Å². The van der Waals surface area contributed by atoms with Crippen molar-refractivity contribution in [2.75, 3.05) is 33.5 Å². The molecule has 3 unspecified atom stereocenters. The highest BCUT2D eigenvalue weighted by Gasteiger charge is 2.54. The molecular weight excluding hydrogens is 456 g/mol. The van der Waals surface area contributed by atoms with Gasteiger partial charge in [-0.1, -0.05) is 39.8 Å². The summed E-state index contributed by atoms with van der Waals surface area (Å²) < 4.78 is 16.9. The van der Waals surface area contributed by atoms with Crippen molar-refractivity contribution in [2.45, 2.75) is 39.7 Å². The average Bonchev–Trinajstić information content (AvgIpc) is 3.22. The van der Waals surface area contributed by atoms with E-state index in [9.17, 15) is 9.59 Å². The average molecular weight is 493 g/mol. The van der Waals surface area contributed by atoms with E-state index in [0.29, 0.717) is 55.1 Å². The van der Waals surface area contributed by atoms with Crippen LogP contribution in [0.4, 0.5) is 0 Å². The molecule has 7 heteroatoms. The van der Waals surface area contributed by atoms with Crippen molar-refractivity contribution >= 4 is 11.8 Å². The third-order valence-electron chi connectivity index (χ3n) is 8.21. The molecule has 2 fully saturated rings. The molecule has 0 radical (unpaired) electrons. The van der Waals surface area contributed by atoms with Gasteiger partial charge in [-0.2, -0.15) is 0 Å². The summed E-state index contributed by atoms with van der Waals surface area (Å²) in [6, 6.07) is 11.6.